The molecule has 0 saturated carbocycles. The highest BCUT2D eigenvalue weighted by Crippen LogP contribution is 2.34. The lowest BCUT2D eigenvalue weighted by Gasteiger charge is -2.36. The lowest BCUT2D eigenvalue weighted by atomic mass is 9.93. The zero-order chi connectivity index (χ0) is 27.4. The number of carbonyl (C=O) groups is 4. The second kappa shape index (κ2) is 11.4. The van der Waals surface area contributed by atoms with E-state index in [-0.39, 0.29) is 19.4 Å². The van der Waals surface area contributed by atoms with Crippen molar-refractivity contribution in [1.82, 2.24) is 20.9 Å². The molecule has 1 saturated heterocycles. The zero-order valence-corrected chi connectivity index (χ0v) is 21.2. The van der Waals surface area contributed by atoms with Crippen LogP contribution in [0.3, 0.4) is 0 Å². The summed E-state index contributed by atoms with van der Waals surface area (Å²) in [6.45, 7) is 9.94. The maximum atomic E-state index is 13.2. The van der Waals surface area contributed by atoms with Gasteiger partial charge in [0, 0.05) is 6.54 Å². The topological polar surface area (TPSA) is 137 Å². The third-order valence-electron chi connectivity index (χ3n) is 5.67. The number of likely N-dealkylation sites (tertiary alicyclic amines) is 1. The minimum absolute atomic E-state index is 0.176. The summed E-state index contributed by atoms with van der Waals surface area (Å²) in [4.78, 5) is 51.1. The predicted octanol–water partition coefficient (Wildman–Crippen LogP) is 1.60. The van der Waals surface area contributed by atoms with Crippen LogP contribution in [0.5, 0.6) is 0 Å². The molecule has 13 heteroatoms. The van der Waals surface area contributed by atoms with Gasteiger partial charge >= 0.3 is 12.3 Å². The van der Waals surface area contributed by atoms with Crippen molar-refractivity contribution in [2.75, 3.05) is 6.54 Å². The van der Waals surface area contributed by atoms with Gasteiger partial charge in [-0.25, -0.2) is 4.79 Å². The van der Waals surface area contributed by atoms with E-state index >= 15 is 0 Å². The Labute approximate surface area is 203 Å². The van der Waals surface area contributed by atoms with Gasteiger partial charge in [-0.15, -0.1) is 0 Å². The minimum atomic E-state index is -4.96. The number of aliphatic hydroxyl groups is 1. The van der Waals surface area contributed by atoms with E-state index in [1.165, 1.54) is 25.7 Å². The van der Waals surface area contributed by atoms with E-state index in [0.29, 0.717) is 13.3 Å². The van der Waals surface area contributed by atoms with Gasteiger partial charge in [0.1, 0.15) is 23.7 Å². The largest absolute Gasteiger partial charge is 0.444 e. The molecule has 1 heterocycles. The molecule has 1 fully saturated rings. The van der Waals surface area contributed by atoms with Crippen LogP contribution < -0.4 is 16.0 Å². The fourth-order valence-electron chi connectivity index (χ4n) is 3.61. The first-order chi connectivity index (χ1) is 15.8. The molecule has 1 aliphatic heterocycles. The van der Waals surface area contributed by atoms with Crippen LogP contribution >= 0.6 is 0 Å². The van der Waals surface area contributed by atoms with Crippen molar-refractivity contribution in [3.8, 4) is 0 Å². The number of carbonyl (C=O) groups excluding carboxylic acids is 4. The first-order valence-corrected chi connectivity index (χ1v) is 11.5. The number of alkyl halides is 3. The van der Waals surface area contributed by atoms with Gasteiger partial charge < -0.3 is 30.7 Å². The quantitative estimate of drug-likeness (QED) is 0.392. The van der Waals surface area contributed by atoms with Gasteiger partial charge in [0.15, 0.2) is 5.60 Å². The second-order valence-corrected chi connectivity index (χ2v) is 9.90. The van der Waals surface area contributed by atoms with E-state index in [1.54, 1.807) is 20.8 Å². The van der Waals surface area contributed by atoms with E-state index in [2.05, 4.69) is 16.0 Å². The van der Waals surface area contributed by atoms with Gasteiger partial charge in [-0.2, -0.15) is 13.2 Å². The number of amides is 4. The number of ether oxygens (including phenoxy) is 1. The third-order valence-corrected chi connectivity index (χ3v) is 5.67. The molecule has 1 rings (SSSR count). The van der Waals surface area contributed by atoms with Gasteiger partial charge in [-0.3, -0.25) is 14.4 Å². The minimum Gasteiger partial charge on any atom is -0.444 e. The van der Waals surface area contributed by atoms with Crippen molar-refractivity contribution in [2.24, 2.45) is 0 Å². The van der Waals surface area contributed by atoms with E-state index < -0.39 is 65.4 Å². The fourth-order valence-corrected chi connectivity index (χ4v) is 3.61. The number of halogens is 3. The summed E-state index contributed by atoms with van der Waals surface area (Å²) in [6.07, 6.45) is -5.30. The van der Waals surface area contributed by atoms with Crippen LogP contribution in [-0.4, -0.2) is 81.9 Å². The van der Waals surface area contributed by atoms with Crippen molar-refractivity contribution < 1.29 is 42.2 Å². The molecule has 0 aliphatic carbocycles. The average molecular weight is 511 g/mol. The molecule has 0 bridgehead atoms. The maximum absolute atomic E-state index is 13.2. The maximum Gasteiger partial charge on any atom is 0.418 e. The Hall–Kier alpha value is -2.57. The Morgan fingerprint density at radius 1 is 1.03 bits per heavy atom. The van der Waals surface area contributed by atoms with Crippen LogP contribution in [0.2, 0.25) is 0 Å². The summed E-state index contributed by atoms with van der Waals surface area (Å²) in [5.74, 6) is -2.08. The van der Waals surface area contributed by atoms with Gasteiger partial charge in [0.05, 0.1) is 6.04 Å². The molecular formula is C22H37F3N4O6. The van der Waals surface area contributed by atoms with Crippen molar-refractivity contribution in [3.63, 3.8) is 0 Å². The zero-order valence-electron chi connectivity index (χ0n) is 21.2. The van der Waals surface area contributed by atoms with E-state index in [9.17, 15) is 37.5 Å². The Morgan fingerprint density at radius 3 is 2.09 bits per heavy atom. The van der Waals surface area contributed by atoms with E-state index in [1.807, 2.05) is 0 Å². The fraction of sp³-hybridized carbons (Fsp3) is 0.818. The normalized spacial score (nSPS) is 20.8. The summed E-state index contributed by atoms with van der Waals surface area (Å²) in [6, 6.07) is -4.74. The third kappa shape index (κ3) is 8.25. The standard InChI is InChI=1S/C22H37F3N4O6/c1-8-15(21(7,34)22(23,24)25)28-17(31)14-10-9-11-29(14)18(32)13(3)26-16(30)12(2)27-19(33)35-20(4,5)6/h12-15,34H,8-11H2,1-7H3,(H,26,30)(H,27,33)(H,28,31)/t12-,13-,14-,15?,21?/m0/s1. The van der Waals surface area contributed by atoms with Crippen molar-refractivity contribution in [3.05, 3.63) is 0 Å². The molecule has 5 atom stereocenters. The van der Waals surface area contributed by atoms with E-state index in [4.69, 9.17) is 4.74 Å². The molecule has 2 unspecified atom stereocenters. The molecule has 0 radical (unpaired) electrons. The van der Waals surface area contributed by atoms with Crippen molar-refractivity contribution >= 4 is 23.8 Å². The van der Waals surface area contributed by atoms with Crippen LogP contribution in [0.4, 0.5) is 18.0 Å². The first-order valence-electron chi connectivity index (χ1n) is 11.5. The molecule has 1 aliphatic rings. The summed E-state index contributed by atoms with van der Waals surface area (Å²) in [5, 5.41) is 17.0. The van der Waals surface area contributed by atoms with Crippen LogP contribution in [0.1, 0.15) is 67.7 Å². The molecule has 0 aromatic rings. The number of nitrogens with zero attached hydrogens (tertiary/aromatic N) is 1. The number of nitrogens with one attached hydrogen (secondary N) is 3. The SMILES string of the molecule is CCC(NC(=O)[C@@H]1CCCN1C(=O)[C@H](C)NC(=O)[C@H](C)NC(=O)OC(C)(C)C)C(C)(O)C(F)(F)F. The lowest BCUT2D eigenvalue weighted by molar-refractivity contribution is -0.263. The van der Waals surface area contributed by atoms with Crippen molar-refractivity contribution in [2.45, 2.75) is 109 Å². The molecule has 35 heavy (non-hydrogen) atoms. The van der Waals surface area contributed by atoms with Gasteiger partial charge in [-0.1, -0.05) is 6.92 Å². The van der Waals surface area contributed by atoms with Crippen LogP contribution in [0, 0.1) is 0 Å². The smallest absolute Gasteiger partial charge is 0.418 e. The molecule has 202 valence electrons. The predicted molar refractivity (Wildman–Crippen MR) is 120 cm³/mol. The van der Waals surface area contributed by atoms with Gasteiger partial charge in [0.25, 0.3) is 0 Å². The summed E-state index contributed by atoms with van der Waals surface area (Å²) in [7, 11) is 0. The summed E-state index contributed by atoms with van der Waals surface area (Å²) in [5.41, 5.74) is -3.91. The molecule has 0 aromatic carbocycles. The van der Waals surface area contributed by atoms with Crippen LogP contribution in [0.25, 0.3) is 0 Å². The Bertz CT molecular complexity index is 797. The molecule has 0 spiro atoms. The lowest BCUT2D eigenvalue weighted by Crippen LogP contribution is -2.61. The van der Waals surface area contributed by atoms with Crippen molar-refractivity contribution in [1.29, 1.82) is 0 Å². The number of alkyl carbamates (subject to hydrolysis) is 1. The van der Waals surface area contributed by atoms with Crippen LogP contribution in [-0.2, 0) is 19.1 Å². The van der Waals surface area contributed by atoms with E-state index in [0.717, 1.165) is 0 Å². The molecule has 0 aromatic heterocycles. The number of rotatable bonds is 8. The second-order valence-electron chi connectivity index (χ2n) is 9.90. The highest BCUT2D eigenvalue weighted by molar-refractivity contribution is 5.94. The number of hydrogen-bond donors (Lipinski definition) is 4. The Morgan fingerprint density at radius 2 is 1.60 bits per heavy atom. The average Bonchev–Trinajstić information content (AvgIpc) is 3.18. The number of hydrogen-bond acceptors (Lipinski definition) is 6. The monoisotopic (exact) mass is 510 g/mol. The molecular weight excluding hydrogens is 473 g/mol. The Kier molecular flexibility index (Phi) is 9.96. The summed E-state index contributed by atoms with van der Waals surface area (Å²) < 4.78 is 44.7. The summed E-state index contributed by atoms with van der Waals surface area (Å²) >= 11 is 0. The molecule has 10 nitrogen and oxygen atoms in total. The Balaban J connectivity index is 2.79. The van der Waals surface area contributed by atoms with Crippen LogP contribution in [0.15, 0.2) is 0 Å². The molecule has 4 amide bonds. The first kappa shape index (κ1) is 30.5. The van der Waals surface area contributed by atoms with Gasteiger partial charge in [0.2, 0.25) is 17.7 Å². The highest BCUT2D eigenvalue weighted by atomic mass is 19.4. The molecule has 4 N–H and O–H groups in total. The van der Waals surface area contributed by atoms with Gasteiger partial charge in [-0.05, 0) is 60.8 Å². The highest BCUT2D eigenvalue weighted by Gasteiger charge is 2.55.